The Morgan fingerprint density at radius 2 is 1.51 bits per heavy atom. The van der Waals surface area contributed by atoms with Crippen LogP contribution in [0, 0.1) is 6.92 Å². The van der Waals surface area contributed by atoms with Gasteiger partial charge in [0.2, 0.25) is 0 Å². The van der Waals surface area contributed by atoms with E-state index in [2.05, 4.69) is 52.8 Å². The summed E-state index contributed by atoms with van der Waals surface area (Å²) < 4.78 is 19.4. The highest BCUT2D eigenvalue weighted by atomic mass is 32.2. The van der Waals surface area contributed by atoms with Crippen molar-refractivity contribution in [3.63, 3.8) is 0 Å². The lowest BCUT2D eigenvalue weighted by atomic mass is 10.0. The summed E-state index contributed by atoms with van der Waals surface area (Å²) in [6.07, 6.45) is 1.45. The molecule has 1 aromatic heterocycles. The van der Waals surface area contributed by atoms with Gasteiger partial charge in [-0.05, 0) is 80.8 Å². The van der Waals surface area contributed by atoms with Crippen molar-refractivity contribution in [2.75, 3.05) is 37.3 Å². The van der Waals surface area contributed by atoms with Gasteiger partial charge in [-0.3, -0.25) is 4.21 Å². The van der Waals surface area contributed by atoms with Gasteiger partial charge in [-0.1, -0.05) is 24.3 Å². The Hall–Kier alpha value is -3.65. The third kappa shape index (κ3) is 5.71. The Morgan fingerprint density at radius 3 is 2.10 bits per heavy atom. The van der Waals surface area contributed by atoms with E-state index in [9.17, 15) is 9.00 Å². The molecule has 0 aliphatic carbocycles. The number of amides is 1. The van der Waals surface area contributed by atoms with E-state index < -0.39 is 16.4 Å². The van der Waals surface area contributed by atoms with Crippen LogP contribution in [0.1, 0.15) is 26.3 Å². The largest absolute Gasteiger partial charge is 0.444 e. The van der Waals surface area contributed by atoms with E-state index in [1.165, 1.54) is 0 Å². The molecule has 1 aliphatic heterocycles. The highest BCUT2D eigenvalue weighted by Crippen LogP contribution is 2.32. The molecule has 0 bridgehead atoms. The number of hydrogen-bond acceptors (Lipinski definition) is 5. The number of anilines is 1. The highest BCUT2D eigenvalue weighted by molar-refractivity contribution is 7.84. The zero-order valence-electron chi connectivity index (χ0n) is 23.5. The average molecular weight is 545 g/mol. The minimum absolute atomic E-state index is 0.240. The third-order valence-electron chi connectivity index (χ3n) is 7.12. The molecule has 4 aromatic rings. The lowest BCUT2D eigenvalue weighted by Gasteiger charge is -2.36. The number of imidazole rings is 1. The fourth-order valence-electron chi connectivity index (χ4n) is 5.02. The number of benzene rings is 3. The van der Waals surface area contributed by atoms with Gasteiger partial charge in [0, 0.05) is 66.4 Å². The van der Waals surface area contributed by atoms with Crippen molar-refractivity contribution >= 4 is 33.6 Å². The monoisotopic (exact) mass is 544 g/mol. The summed E-state index contributed by atoms with van der Waals surface area (Å²) in [5.74, 6) is 0.888. The van der Waals surface area contributed by atoms with Gasteiger partial charge >= 0.3 is 6.09 Å². The van der Waals surface area contributed by atoms with Crippen LogP contribution in [0.3, 0.4) is 0 Å². The molecule has 5 rings (SSSR count). The van der Waals surface area contributed by atoms with Gasteiger partial charge in [0.05, 0.1) is 11.0 Å². The molecule has 1 saturated heterocycles. The highest BCUT2D eigenvalue weighted by Gasteiger charge is 2.26. The Morgan fingerprint density at radius 1 is 0.897 bits per heavy atom. The zero-order valence-corrected chi connectivity index (χ0v) is 24.3. The molecule has 39 heavy (non-hydrogen) atoms. The van der Waals surface area contributed by atoms with Crippen LogP contribution < -0.4 is 4.90 Å². The van der Waals surface area contributed by atoms with Crippen LogP contribution in [0.5, 0.6) is 0 Å². The fraction of sp³-hybridized carbons (Fsp3) is 0.355. The summed E-state index contributed by atoms with van der Waals surface area (Å²) in [7, 11) is 1.04. The van der Waals surface area contributed by atoms with E-state index >= 15 is 0 Å². The van der Waals surface area contributed by atoms with E-state index in [0.717, 1.165) is 62.8 Å². The Kier molecular flexibility index (Phi) is 7.25. The summed E-state index contributed by atoms with van der Waals surface area (Å²) in [6.45, 7) is 10.6. The van der Waals surface area contributed by atoms with Crippen LogP contribution in [0.15, 0.2) is 65.6 Å². The third-order valence-corrected chi connectivity index (χ3v) is 8.05. The summed E-state index contributed by atoms with van der Waals surface area (Å²) in [4.78, 5) is 22.2. The van der Waals surface area contributed by atoms with E-state index in [-0.39, 0.29) is 6.09 Å². The van der Waals surface area contributed by atoms with Crippen molar-refractivity contribution in [3.05, 3.63) is 66.2 Å². The van der Waals surface area contributed by atoms with E-state index in [0.29, 0.717) is 13.1 Å². The maximum atomic E-state index is 12.4. The van der Waals surface area contributed by atoms with E-state index in [1.807, 2.05) is 52.1 Å². The molecule has 1 unspecified atom stereocenters. The van der Waals surface area contributed by atoms with Crippen molar-refractivity contribution in [1.82, 2.24) is 14.5 Å². The van der Waals surface area contributed by atoms with Crippen LogP contribution in [-0.4, -0.2) is 62.8 Å². The van der Waals surface area contributed by atoms with Crippen molar-refractivity contribution in [2.24, 2.45) is 7.05 Å². The summed E-state index contributed by atoms with van der Waals surface area (Å²) in [6, 6.07) is 20.8. The first kappa shape index (κ1) is 26.9. The second kappa shape index (κ2) is 10.5. The number of nitrogens with zero attached hydrogens (tertiary/aromatic N) is 4. The van der Waals surface area contributed by atoms with Gasteiger partial charge in [0.15, 0.2) is 0 Å². The molecule has 1 fully saturated rings. The number of aromatic nitrogens is 2. The van der Waals surface area contributed by atoms with Crippen molar-refractivity contribution in [2.45, 2.75) is 38.2 Å². The second-order valence-electron chi connectivity index (χ2n) is 11.1. The Balaban J connectivity index is 1.34. The van der Waals surface area contributed by atoms with Crippen molar-refractivity contribution in [1.29, 1.82) is 0 Å². The molecule has 1 aliphatic rings. The minimum Gasteiger partial charge on any atom is -0.444 e. The lowest BCUT2D eigenvalue weighted by molar-refractivity contribution is 0.0240. The smallest absolute Gasteiger partial charge is 0.410 e. The minimum atomic E-state index is -1.00. The van der Waals surface area contributed by atoms with Crippen LogP contribution in [0.25, 0.3) is 33.5 Å². The van der Waals surface area contributed by atoms with Gasteiger partial charge in [0.25, 0.3) is 0 Å². The van der Waals surface area contributed by atoms with Crippen LogP contribution in [-0.2, 0) is 22.6 Å². The molecular weight excluding hydrogens is 508 g/mol. The predicted molar refractivity (Wildman–Crippen MR) is 159 cm³/mol. The molecule has 204 valence electrons. The number of hydrogen-bond donors (Lipinski definition) is 0. The molecule has 1 atom stereocenters. The van der Waals surface area contributed by atoms with Gasteiger partial charge in [-0.25, -0.2) is 9.78 Å². The summed E-state index contributed by atoms with van der Waals surface area (Å²) in [5, 5.41) is 0. The second-order valence-corrected chi connectivity index (χ2v) is 12.5. The quantitative estimate of drug-likeness (QED) is 0.315. The number of aryl methyl sites for hydroxylation is 2. The normalized spacial score (nSPS) is 15.0. The van der Waals surface area contributed by atoms with Gasteiger partial charge in [-0.15, -0.1) is 0 Å². The molecule has 0 N–H and O–H groups in total. The van der Waals surface area contributed by atoms with E-state index in [1.54, 1.807) is 11.2 Å². The first-order valence-electron chi connectivity index (χ1n) is 13.2. The Bertz CT molecular complexity index is 1530. The molecule has 0 saturated carbocycles. The number of rotatable bonds is 4. The number of carbonyl (C=O) groups is 1. The van der Waals surface area contributed by atoms with Crippen LogP contribution >= 0.6 is 0 Å². The predicted octanol–water partition coefficient (Wildman–Crippen LogP) is 6.01. The van der Waals surface area contributed by atoms with Crippen LogP contribution in [0.4, 0.5) is 10.5 Å². The molecule has 0 spiro atoms. The summed E-state index contributed by atoms with van der Waals surface area (Å²) >= 11 is 0. The molecule has 2 heterocycles. The number of ether oxygens (including phenoxy) is 1. The number of piperazine rings is 1. The molecule has 7 nitrogen and oxygen atoms in total. The standard InChI is InChI=1S/C31H36N4O3S/c1-21-19-24(20-27-28(21)32-29(33(27)5)23-9-13-26(14-10-23)39(6)37)22-7-11-25(12-8-22)34-15-17-35(18-16-34)30(36)38-31(2,3)4/h7-14,19-20H,15-18H2,1-6H3. The van der Waals surface area contributed by atoms with E-state index in [4.69, 9.17) is 9.72 Å². The molecule has 1 amide bonds. The molecular formula is C31H36N4O3S. The lowest BCUT2D eigenvalue weighted by Crippen LogP contribution is -2.50. The number of carbonyl (C=O) groups excluding carboxylic acids is 1. The topological polar surface area (TPSA) is 67.7 Å². The SMILES string of the molecule is Cc1cc(-c2ccc(N3CCN(C(=O)OC(C)(C)C)CC3)cc2)cc2c1nc(-c1ccc(S(C)=O)cc1)n2C. The van der Waals surface area contributed by atoms with Gasteiger partial charge < -0.3 is 19.1 Å². The first-order chi connectivity index (χ1) is 18.5. The summed E-state index contributed by atoms with van der Waals surface area (Å²) in [5.41, 5.74) is 7.15. The average Bonchev–Trinajstić information content (AvgIpc) is 3.25. The van der Waals surface area contributed by atoms with Crippen molar-refractivity contribution in [3.8, 4) is 22.5 Å². The molecule has 8 heteroatoms. The maximum absolute atomic E-state index is 12.4. The first-order valence-corrected chi connectivity index (χ1v) is 14.8. The van der Waals surface area contributed by atoms with Crippen molar-refractivity contribution < 1.29 is 13.7 Å². The zero-order chi connectivity index (χ0) is 27.9. The molecule has 0 radical (unpaired) electrons. The molecule has 3 aromatic carbocycles. The Labute approximate surface area is 232 Å². The number of fused-ring (bicyclic) bond motifs is 1. The fourth-order valence-corrected chi connectivity index (χ4v) is 5.54. The van der Waals surface area contributed by atoms with Gasteiger partial charge in [0.1, 0.15) is 11.4 Å². The van der Waals surface area contributed by atoms with Crippen LogP contribution in [0.2, 0.25) is 0 Å². The van der Waals surface area contributed by atoms with Gasteiger partial charge in [-0.2, -0.15) is 0 Å². The maximum Gasteiger partial charge on any atom is 0.410 e.